The molecule has 0 saturated heterocycles. The molecule has 0 aromatic rings. The molecule has 70 valence electrons. The number of thiol groups is 1. The summed E-state index contributed by atoms with van der Waals surface area (Å²) in [5.74, 6) is 0.912. The van der Waals surface area contributed by atoms with Crippen LogP contribution in [0.1, 0.15) is 6.42 Å². The van der Waals surface area contributed by atoms with E-state index < -0.39 is 8.56 Å². The van der Waals surface area contributed by atoms with E-state index in [1.165, 1.54) is 0 Å². The van der Waals surface area contributed by atoms with Crippen LogP contribution in [0.15, 0.2) is 0 Å². The minimum atomic E-state index is -1.77. The molecule has 0 aromatic heterocycles. The standard InChI is InChI=1S/C6H16O2SSi.H4Si/c1-7-10(3,8-2)6-4-5-9;/h9H,4-6H2,1-3H3;1H4. The molecule has 0 amide bonds. The van der Waals surface area contributed by atoms with Crippen molar-refractivity contribution in [3.63, 3.8) is 0 Å². The second kappa shape index (κ2) is 7.36. The molecule has 5 heteroatoms. The molecule has 0 radical (unpaired) electrons. The highest BCUT2D eigenvalue weighted by atomic mass is 32.1. The van der Waals surface area contributed by atoms with Gasteiger partial charge in [0, 0.05) is 14.2 Å². The smallest absolute Gasteiger partial charge is 0.334 e. The lowest BCUT2D eigenvalue weighted by Gasteiger charge is -2.21. The summed E-state index contributed by atoms with van der Waals surface area (Å²) in [5, 5.41) is 0. The van der Waals surface area contributed by atoms with E-state index in [-0.39, 0.29) is 11.0 Å². The summed E-state index contributed by atoms with van der Waals surface area (Å²) >= 11 is 4.12. The summed E-state index contributed by atoms with van der Waals surface area (Å²) in [6.07, 6.45) is 1.08. The number of hydrogen-bond acceptors (Lipinski definition) is 3. The van der Waals surface area contributed by atoms with Gasteiger partial charge in [-0.3, -0.25) is 0 Å². The predicted octanol–water partition coefficient (Wildman–Crippen LogP) is 0.219. The molecule has 0 rings (SSSR count). The van der Waals surface area contributed by atoms with E-state index in [2.05, 4.69) is 19.2 Å². The van der Waals surface area contributed by atoms with Crippen molar-refractivity contribution < 1.29 is 8.85 Å². The van der Waals surface area contributed by atoms with Gasteiger partial charge in [0.25, 0.3) is 0 Å². The zero-order chi connectivity index (χ0) is 8.04. The first kappa shape index (κ1) is 14.2. The van der Waals surface area contributed by atoms with Crippen LogP contribution in [0, 0.1) is 0 Å². The zero-order valence-electron chi connectivity index (χ0n) is 6.89. The van der Waals surface area contributed by atoms with Gasteiger partial charge < -0.3 is 8.85 Å². The van der Waals surface area contributed by atoms with Crippen LogP contribution in [0.3, 0.4) is 0 Å². The first-order chi connectivity index (χ1) is 4.68. The minimum Gasteiger partial charge on any atom is -0.398 e. The fraction of sp³-hybridized carbons (Fsp3) is 1.00. The Morgan fingerprint density at radius 2 is 1.73 bits per heavy atom. The molecule has 0 bridgehead atoms. The van der Waals surface area contributed by atoms with E-state index in [9.17, 15) is 0 Å². The van der Waals surface area contributed by atoms with Gasteiger partial charge in [-0.2, -0.15) is 12.6 Å². The molecule has 0 aliphatic rings. The van der Waals surface area contributed by atoms with Crippen LogP contribution in [-0.2, 0) is 8.85 Å². The molecule has 0 fully saturated rings. The first-order valence-corrected chi connectivity index (χ1v) is 6.55. The summed E-state index contributed by atoms with van der Waals surface area (Å²) in [6, 6.07) is 1.03. The molecule has 0 unspecified atom stereocenters. The van der Waals surface area contributed by atoms with Crippen LogP contribution in [0.4, 0.5) is 0 Å². The highest BCUT2D eigenvalue weighted by molar-refractivity contribution is 7.80. The van der Waals surface area contributed by atoms with Crippen molar-refractivity contribution in [1.29, 1.82) is 0 Å². The maximum absolute atomic E-state index is 5.27. The Kier molecular flexibility index (Phi) is 9.53. The predicted molar refractivity (Wildman–Crippen MR) is 60.2 cm³/mol. The SMILES string of the molecule is CO[Si](C)(CCCS)OC.[SiH4]. The molecular formula is C6H20O2SSi2. The second-order valence-electron chi connectivity index (χ2n) is 2.37. The van der Waals surface area contributed by atoms with E-state index >= 15 is 0 Å². The molecular weight excluding hydrogens is 192 g/mol. The molecule has 0 aromatic carbocycles. The molecule has 11 heavy (non-hydrogen) atoms. The molecule has 0 N–H and O–H groups in total. The second-order valence-corrected chi connectivity index (χ2v) is 6.40. The summed E-state index contributed by atoms with van der Waals surface area (Å²) in [6.45, 7) is 2.07. The van der Waals surface area contributed by atoms with Crippen LogP contribution in [-0.4, -0.2) is 39.5 Å². The van der Waals surface area contributed by atoms with Gasteiger partial charge in [-0.15, -0.1) is 0 Å². The topological polar surface area (TPSA) is 18.5 Å². The van der Waals surface area contributed by atoms with Gasteiger partial charge >= 0.3 is 8.56 Å². The van der Waals surface area contributed by atoms with E-state index in [1.807, 2.05) is 0 Å². The summed E-state index contributed by atoms with van der Waals surface area (Å²) in [7, 11) is 1.67. The fourth-order valence-electron chi connectivity index (χ4n) is 0.688. The Hall–Kier alpha value is 0.704. The molecule has 0 aliphatic carbocycles. The van der Waals surface area contributed by atoms with Crippen molar-refractivity contribution in [2.75, 3.05) is 20.0 Å². The molecule has 2 nitrogen and oxygen atoms in total. The third-order valence-corrected chi connectivity index (χ3v) is 4.96. The van der Waals surface area contributed by atoms with E-state index in [4.69, 9.17) is 8.85 Å². The molecule has 0 spiro atoms. The molecule has 0 atom stereocenters. The van der Waals surface area contributed by atoms with Gasteiger partial charge in [0.2, 0.25) is 0 Å². The van der Waals surface area contributed by atoms with Gasteiger partial charge in [-0.05, 0) is 35.7 Å². The Morgan fingerprint density at radius 1 is 1.27 bits per heavy atom. The Morgan fingerprint density at radius 3 is 2.00 bits per heavy atom. The van der Waals surface area contributed by atoms with Crippen LogP contribution in [0.5, 0.6) is 0 Å². The zero-order valence-corrected chi connectivity index (χ0v) is 8.78. The van der Waals surface area contributed by atoms with Crippen LogP contribution in [0.25, 0.3) is 0 Å². The van der Waals surface area contributed by atoms with Gasteiger partial charge in [0.05, 0.1) is 0 Å². The van der Waals surface area contributed by atoms with E-state index in [0.717, 1.165) is 18.2 Å². The first-order valence-electron chi connectivity index (χ1n) is 3.39. The summed E-state index contributed by atoms with van der Waals surface area (Å²) in [5.41, 5.74) is 0. The lowest BCUT2D eigenvalue weighted by Crippen LogP contribution is -2.35. The third kappa shape index (κ3) is 5.92. The van der Waals surface area contributed by atoms with Gasteiger partial charge in [0.1, 0.15) is 0 Å². The fourth-order valence-corrected chi connectivity index (χ4v) is 2.54. The highest BCUT2D eigenvalue weighted by Gasteiger charge is 2.27. The van der Waals surface area contributed by atoms with Gasteiger partial charge in [0.15, 0.2) is 0 Å². The quantitative estimate of drug-likeness (QED) is 0.519. The van der Waals surface area contributed by atoms with Crippen molar-refractivity contribution in [1.82, 2.24) is 0 Å². The lowest BCUT2D eigenvalue weighted by atomic mass is 10.6. The van der Waals surface area contributed by atoms with E-state index in [1.54, 1.807) is 14.2 Å². The van der Waals surface area contributed by atoms with Gasteiger partial charge in [-0.1, -0.05) is 0 Å². The maximum Gasteiger partial charge on any atom is 0.334 e. The molecule has 0 heterocycles. The van der Waals surface area contributed by atoms with Crippen molar-refractivity contribution >= 4 is 32.2 Å². The third-order valence-electron chi connectivity index (χ3n) is 1.65. The van der Waals surface area contributed by atoms with Crippen molar-refractivity contribution in [2.45, 2.75) is 19.0 Å². The van der Waals surface area contributed by atoms with Crippen LogP contribution < -0.4 is 0 Å². The summed E-state index contributed by atoms with van der Waals surface area (Å²) in [4.78, 5) is 0. The normalized spacial score (nSPS) is 10.9. The van der Waals surface area contributed by atoms with E-state index in [0.29, 0.717) is 0 Å². The van der Waals surface area contributed by atoms with Crippen molar-refractivity contribution in [2.24, 2.45) is 0 Å². The summed E-state index contributed by atoms with van der Waals surface area (Å²) < 4.78 is 10.5. The van der Waals surface area contributed by atoms with Crippen molar-refractivity contribution in [3.05, 3.63) is 0 Å². The van der Waals surface area contributed by atoms with Crippen LogP contribution in [0.2, 0.25) is 12.6 Å². The Balaban J connectivity index is 0. The average molecular weight is 212 g/mol. The largest absolute Gasteiger partial charge is 0.398 e. The lowest BCUT2D eigenvalue weighted by molar-refractivity contribution is 0.249. The van der Waals surface area contributed by atoms with Crippen LogP contribution >= 0.6 is 12.6 Å². The molecule has 0 aliphatic heterocycles. The van der Waals surface area contributed by atoms with Gasteiger partial charge in [-0.25, -0.2) is 0 Å². The van der Waals surface area contributed by atoms with Crippen molar-refractivity contribution in [3.8, 4) is 0 Å². The monoisotopic (exact) mass is 212 g/mol. The molecule has 0 saturated carbocycles. The number of hydrogen-bond donors (Lipinski definition) is 1. The number of rotatable bonds is 5. The minimum absolute atomic E-state index is 0. The Bertz CT molecular complexity index is 88.7. The Labute approximate surface area is 80.3 Å². The average Bonchev–Trinajstić information content (AvgIpc) is 2.00. The maximum atomic E-state index is 5.27. The highest BCUT2D eigenvalue weighted by Crippen LogP contribution is 2.13.